The molecule has 1 heterocycles. The van der Waals surface area contributed by atoms with Crippen LogP contribution in [0, 0.1) is 5.82 Å². The molecule has 0 saturated carbocycles. The van der Waals surface area contributed by atoms with Crippen molar-refractivity contribution in [2.75, 3.05) is 19.7 Å². The van der Waals surface area contributed by atoms with Gasteiger partial charge in [0.05, 0.1) is 18.4 Å². The van der Waals surface area contributed by atoms with E-state index in [4.69, 9.17) is 4.74 Å². The Labute approximate surface area is 92.1 Å². The molecule has 0 radical (unpaired) electrons. The third-order valence-corrected chi connectivity index (χ3v) is 2.43. The highest BCUT2D eigenvalue weighted by Crippen LogP contribution is 2.25. The van der Waals surface area contributed by atoms with Crippen molar-refractivity contribution >= 4 is 11.8 Å². The first kappa shape index (κ1) is 11.0. The topological polar surface area (TPSA) is 50.7 Å². The van der Waals surface area contributed by atoms with Crippen LogP contribution in [-0.2, 0) is 9.53 Å². The van der Waals surface area contributed by atoms with Crippen molar-refractivity contribution in [1.29, 1.82) is 0 Å². The largest absolute Gasteiger partial charge is 0.371 e. The fourth-order valence-corrected chi connectivity index (χ4v) is 1.66. The second-order valence-corrected chi connectivity index (χ2v) is 3.47. The van der Waals surface area contributed by atoms with Crippen molar-refractivity contribution < 1.29 is 13.9 Å². The average Bonchev–Trinajstić information content (AvgIpc) is 2.31. The summed E-state index contributed by atoms with van der Waals surface area (Å²) >= 11 is 0. The van der Waals surface area contributed by atoms with Gasteiger partial charge in [-0.15, -0.1) is 0 Å². The van der Waals surface area contributed by atoms with Gasteiger partial charge in [0.15, 0.2) is 0 Å². The quantitative estimate of drug-likeness (QED) is 0.608. The number of rotatable bonds is 2. The molecule has 2 rings (SSSR count). The van der Waals surface area contributed by atoms with Crippen LogP contribution in [0.25, 0.3) is 0 Å². The lowest BCUT2D eigenvalue weighted by Gasteiger charge is -2.24. The lowest BCUT2D eigenvalue weighted by molar-refractivity contribution is 0.0255. The molecular weight excluding hydrogens is 211 g/mol. The maximum Gasteiger partial charge on any atom is 0.240 e. The monoisotopic (exact) mass is 222 g/mol. The molecule has 16 heavy (non-hydrogen) atoms. The maximum absolute atomic E-state index is 13.7. The Kier molecular flexibility index (Phi) is 3.41. The molecular formula is C11H11FN2O2. The van der Waals surface area contributed by atoms with Crippen molar-refractivity contribution in [3.05, 3.63) is 29.6 Å². The second-order valence-electron chi connectivity index (χ2n) is 3.47. The zero-order chi connectivity index (χ0) is 11.4. The van der Waals surface area contributed by atoms with Crippen LogP contribution >= 0.6 is 0 Å². The first-order valence-electron chi connectivity index (χ1n) is 5.01. The fraction of sp³-hybridized carbons (Fsp3) is 0.364. The van der Waals surface area contributed by atoms with Crippen molar-refractivity contribution in [1.82, 2.24) is 5.32 Å². The minimum absolute atomic E-state index is 0.264. The van der Waals surface area contributed by atoms with Crippen LogP contribution in [0.5, 0.6) is 0 Å². The van der Waals surface area contributed by atoms with Gasteiger partial charge in [-0.1, -0.05) is 6.07 Å². The molecule has 4 nitrogen and oxygen atoms in total. The lowest BCUT2D eigenvalue weighted by atomic mass is 10.1. The highest BCUT2D eigenvalue weighted by molar-refractivity contribution is 5.49. The van der Waals surface area contributed by atoms with Crippen molar-refractivity contribution in [2.45, 2.75) is 6.10 Å². The summed E-state index contributed by atoms with van der Waals surface area (Å²) in [5, 5.41) is 3.12. The molecule has 1 aromatic carbocycles. The van der Waals surface area contributed by atoms with Crippen molar-refractivity contribution in [2.24, 2.45) is 4.99 Å². The molecule has 1 N–H and O–H groups in total. The van der Waals surface area contributed by atoms with Gasteiger partial charge in [-0.2, -0.15) is 4.99 Å². The molecule has 0 aliphatic carbocycles. The summed E-state index contributed by atoms with van der Waals surface area (Å²) in [6.07, 6.45) is 1.10. The molecule has 1 fully saturated rings. The van der Waals surface area contributed by atoms with Crippen molar-refractivity contribution in [3.63, 3.8) is 0 Å². The number of hydrogen-bond donors (Lipinski definition) is 1. The van der Waals surface area contributed by atoms with Gasteiger partial charge >= 0.3 is 0 Å². The first-order valence-corrected chi connectivity index (χ1v) is 5.01. The highest BCUT2D eigenvalue weighted by Gasteiger charge is 2.19. The third-order valence-electron chi connectivity index (χ3n) is 2.43. The summed E-state index contributed by atoms with van der Waals surface area (Å²) in [5.74, 6) is -0.412. The fourth-order valence-electron chi connectivity index (χ4n) is 1.66. The Morgan fingerprint density at radius 2 is 2.44 bits per heavy atom. The molecule has 5 heteroatoms. The summed E-state index contributed by atoms with van der Waals surface area (Å²) in [6, 6.07) is 4.36. The minimum atomic E-state index is -0.412. The molecule has 1 aliphatic heterocycles. The van der Waals surface area contributed by atoms with E-state index >= 15 is 0 Å². The Bertz CT molecular complexity index is 424. The van der Waals surface area contributed by atoms with E-state index in [-0.39, 0.29) is 11.8 Å². The minimum Gasteiger partial charge on any atom is -0.371 e. The number of hydrogen-bond acceptors (Lipinski definition) is 4. The van der Waals surface area contributed by atoms with Crippen LogP contribution in [0.15, 0.2) is 23.2 Å². The molecule has 1 aromatic rings. The molecule has 84 valence electrons. The third kappa shape index (κ3) is 2.33. The second kappa shape index (κ2) is 4.99. The van der Waals surface area contributed by atoms with E-state index < -0.39 is 5.82 Å². The zero-order valence-corrected chi connectivity index (χ0v) is 8.57. The predicted octanol–water partition coefficient (Wildman–Crippen LogP) is 1.45. The van der Waals surface area contributed by atoms with Crippen LogP contribution in [-0.4, -0.2) is 25.8 Å². The Morgan fingerprint density at radius 3 is 3.06 bits per heavy atom. The number of isocyanates is 1. The van der Waals surface area contributed by atoms with Gasteiger partial charge in [-0.05, 0) is 6.07 Å². The summed E-state index contributed by atoms with van der Waals surface area (Å²) in [7, 11) is 0. The molecule has 0 unspecified atom stereocenters. The van der Waals surface area contributed by atoms with Gasteiger partial charge in [0.2, 0.25) is 6.08 Å². The van der Waals surface area contributed by atoms with E-state index in [1.807, 2.05) is 0 Å². The molecule has 1 saturated heterocycles. The smallest absolute Gasteiger partial charge is 0.240 e. The first-order chi connectivity index (χ1) is 7.81. The van der Waals surface area contributed by atoms with Crippen LogP contribution < -0.4 is 5.32 Å². The Hall–Kier alpha value is -1.55. The highest BCUT2D eigenvalue weighted by atomic mass is 19.1. The summed E-state index contributed by atoms with van der Waals surface area (Å²) in [6.45, 7) is 1.94. The normalized spacial score (nSPS) is 20.2. The molecule has 0 bridgehead atoms. The number of nitrogens with one attached hydrogen (secondary N) is 1. The van der Waals surface area contributed by atoms with E-state index in [1.54, 1.807) is 12.1 Å². The van der Waals surface area contributed by atoms with Gasteiger partial charge in [-0.25, -0.2) is 9.18 Å². The standard InChI is InChI=1S/C11H11FN2O2/c12-10-5-8(14-7-15)1-2-9(10)11-6-13-3-4-16-11/h1-2,5,11,13H,3-4,6H2/t11-/m0/s1. The van der Waals surface area contributed by atoms with Gasteiger partial charge in [0, 0.05) is 24.7 Å². The lowest BCUT2D eigenvalue weighted by Crippen LogP contribution is -2.33. The van der Waals surface area contributed by atoms with Crippen LogP contribution in [0.1, 0.15) is 11.7 Å². The van der Waals surface area contributed by atoms with E-state index in [0.29, 0.717) is 18.7 Å². The summed E-state index contributed by atoms with van der Waals surface area (Å²) in [4.78, 5) is 13.4. The summed E-state index contributed by atoms with van der Waals surface area (Å²) in [5.41, 5.74) is 0.747. The molecule has 1 aliphatic rings. The van der Waals surface area contributed by atoms with Gasteiger partial charge in [-0.3, -0.25) is 0 Å². The predicted molar refractivity (Wildman–Crippen MR) is 55.7 cm³/mol. The molecule has 0 spiro atoms. The van der Waals surface area contributed by atoms with Gasteiger partial charge < -0.3 is 10.1 Å². The summed E-state index contributed by atoms with van der Waals surface area (Å²) < 4.78 is 19.1. The number of ether oxygens (including phenoxy) is 1. The number of benzene rings is 1. The van der Waals surface area contributed by atoms with E-state index in [9.17, 15) is 9.18 Å². The van der Waals surface area contributed by atoms with E-state index in [2.05, 4.69) is 10.3 Å². The van der Waals surface area contributed by atoms with Crippen LogP contribution in [0.4, 0.5) is 10.1 Å². The molecule has 1 atom stereocenters. The SMILES string of the molecule is O=C=Nc1ccc([C@@H]2CNCCO2)c(F)c1. The van der Waals surface area contributed by atoms with Gasteiger partial charge in [0.1, 0.15) is 5.82 Å². The van der Waals surface area contributed by atoms with Crippen LogP contribution in [0.2, 0.25) is 0 Å². The molecule has 0 amide bonds. The maximum atomic E-state index is 13.7. The Morgan fingerprint density at radius 1 is 1.56 bits per heavy atom. The number of nitrogens with zero attached hydrogens (tertiary/aromatic N) is 1. The number of morpholine rings is 1. The van der Waals surface area contributed by atoms with Crippen molar-refractivity contribution in [3.8, 4) is 0 Å². The zero-order valence-electron chi connectivity index (χ0n) is 8.57. The molecule has 0 aromatic heterocycles. The van der Waals surface area contributed by atoms with E-state index in [1.165, 1.54) is 12.1 Å². The number of halogens is 1. The number of aliphatic imine (C=N–C) groups is 1. The van der Waals surface area contributed by atoms with E-state index in [0.717, 1.165) is 6.54 Å². The number of carbonyl (C=O) groups excluding carboxylic acids is 1. The average molecular weight is 222 g/mol. The van der Waals surface area contributed by atoms with Crippen LogP contribution in [0.3, 0.4) is 0 Å². The van der Waals surface area contributed by atoms with Gasteiger partial charge in [0.25, 0.3) is 0 Å². The Balaban J connectivity index is 2.24.